The smallest absolute Gasteiger partial charge is 0.187 e. The van der Waals surface area contributed by atoms with Crippen molar-refractivity contribution in [1.29, 1.82) is 0 Å². The second-order valence-corrected chi connectivity index (χ2v) is 11.8. The molecular formula is C38H37F2N3O2. The number of hydrogen-bond acceptors (Lipinski definition) is 3. The Bertz CT molecular complexity index is 1720. The summed E-state index contributed by atoms with van der Waals surface area (Å²) in [5.74, 6) is -0.490. The molecule has 0 fully saturated rings. The monoisotopic (exact) mass is 605 g/mol. The molecule has 0 spiro atoms. The van der Waals surface area contributed by atoms with Gasteiger partial charge in [-0.15, -0.1) is 0 Å². The minimum Gasteiger partial charge on any atom is -0.361 e. The molecule has 45 heavy (non-hydrogen) atoms. The molecule has 0 aromatic heterocycles. The zero-order valence-corrected chi connectivity index (χ0v) is 25.9. The van der Waals surface area contributed by atoms with Gasteiger partial charge >= 0.3 is 0 Å². The zero-order chi connectivity index (χ0) is 32.0. The van der Waals surface area contributed by atoms with Crippen LogP contribution in [-0.4, -0.2) is 25.5 Å². The Morgan fingerprint density at radius 1 is 0.689 bits per heavy atom. The normalized spacial score (nSPS) is 19.6. The molecule has 7 heteroatoms. The van der Waals surface area contributed by atoms with Crippen LogP contribution in [0.5, 0.6) is 0 Å². The molecule has 4 aromatic carbocycles. The minimum absolute atomic E-state index is 0.244. The number of benzene rings is 4. The van der Waals surface area contributed by atoms with Crippen LogP contribution in [0.15, 0.2) is 84.9 Å². The van der Waals surface area contributed by atoms with Crippen molar-refractivity contribution in [3.63, 3.8) is 0 Å². The highest BCUT2D eigenvalue weighted by molar-refractivity contribution is 5.55. The number of ether oxygens (including phenoxy) is 2. The average Bonchev–Trinajstić information content (AvgIpc) is 3.61. The van der Waals surface area contributed by atoms with E-state index in [1.807, 2.05) is 48.5 Å². The number of halogens is 2. The summed E-state index contributed by atoms with van der Waals surface area (Å²) in [6.07, 6.45) is 3.58. The van der Waals surface area contributed by atoms with E-state index in [2.05, 4.69) is 35.6 Å². The zero-order valence-electron chi connectivity index (χ0n) is 25.9. The summed E-state index contributed by atoms with van der Waals surface area (Å²) >= 11 is 0. The third-order valence-corrected chi connectivity index (χ3v) is 8.61. The maximum atomic E-state index is 13.4. The van der Waals surface area contributed by atoms with Crippen molar-refractivity contribution in [2.24, 2.45) is 0 Å². The molecule has 0 amide bonds. The molecule has 5 nitrogen and oxygen atoms in total. The van der Waals surface area contributed by atoms with E-state index in [-0.39, 0.29) is 11.6 Å². The molecule has 0 N–H and O–H groups in total. The van der Waals surface area contributed by atoms with Crippen LogP contribution in [0.3, 0.4) is 0 Å². The molecule has 0 radical (unpaired) electrons. The fraction of sp³-hybridized carbons (Fsp3) is 0.316. The van der Waals surface area contributed by atoms with Crippen LogP contribution in [0.1, 0.15) is 66.0 Å². The first-order valence-corrected chi connectivity index (χ1v) is 15.2. The van der Waals surface area contributed by atoms with Gasteiger partial charge in [0, 0.05) is 0 Å². The quantitative estimate of drug-likeness (QED) is 0.188. The molecule has 0 aliphatic carbocycles. The summed E-state index contributed by atoms with van der Waals surface area (Å²) in [7, 11) is 4.10. The number of hydrogen-bond donors (Lipinski definition) is 0. The van der Waals surface area contributed by atoms with Crippen molar-refractivity contribution >= 4 is 11.4 Å². The van der Waals surface area contributed by atoms with Crippen LogP contribution >= 0.6 is 0 Å². The van der Waals surface area contributed by atoms with E-state index in [9.17, 15) is 8.78 Å². The summed E-state index contributed by atoms with van der Waals surface area (Å²) in [5.41, 5.74) is 6.43. The Hall–Kier alpha value is -4.40. The number of rotatable bonds is 8. The van der Waals surface area contributed by atoms with E-state index in [0.29, 0.717) is 24.6 Å². The maximum absolute atomic E-state index is 13.4. The van der Waals surface area contributed by atoms with Crippen molar-refractivity contribution in [3.8, 4) is 0 Å². The molecule has 0 saturated heterocycles. The molecule has 6 rings (SSSR count). The SMILES string of the molecule is [C-]#[N+]c1ccc2c(c1)COC2(CCC)c1ccc(F)cc1.[C-]#[N+]c1ccc2c(c1)COC2(CCCN(C)C)c1ccc(F)cc1. The highest BCUT2D eigenvalue weighted by atomic mass is 19.1. The van der Waals surface area contributed by atoms with E-state index < -0.39 is 11.2 Å². The van der Waals surface area contributed by atoms with Crippen LogP contribution in [0.4, 0.5) is 20.2 Å². The predicted octanol–water partition coefficient (Wildman–Crippen LogP) is 9.44. The van der Waals surface area contributed by atoms with Gasteiger partial charge in [-0.3, -0.25) is 0 Å². The summed E-state index contributed by atoms with van der Waals surface area (Å²) in [6.45, 7) is 18.4. The van der Waals surface area contributed by atoms with Gasteiger partial charge in [0.15, 0.2) is 11.4 Å². The first kappa shape index (κ1) is 32.0. The van der Waals surface area contributed by atoms with Crippen LogP contribution < -0.4 is 0 Å². The van der Waals surface area contributed by atoms with Gasteiger partial charge in [0.05, 0.1) is 26.4 Å². The van der Waals surface area contributed by atoms with E-state index in [1.54, 1.807) is 12.1 Å². The number of nitrogens with zero attached hydrogens (tertiary/aromatic N) is 3. The van der Waals surface area contributed by atoms with Crippen molar-refractivity contribution in [2.75, 3.05) is 20.6 Å². The van der Waals surface area contributed by atoms with Gasteiger partial charge in [-0.25, -0.2) is 18.5 Å². The second kappa shape index (κ2) is 13.7. The van der Waals surface area contributed by atoms with Crippen LogP contribution in [0.25, 0.3) is 9.69 Å². The fourth-order valence-electron chi connectivity index (χ4n) is 6.50. The van der Waals surface area contributed by atoms with Gasteiger partial charge in [0.1, 0.15) is 22.8 Å². The maximum Gasteiger partial charge on any atom is 0.187 e. The third-order valence-electron chi connectivity index (χ3n) is 8.61. The van der Waals surface area contributed by atoms with Gasteiger partial charge in [-0.05, 0) is 97.5 Å². The summed E-state index contributed by atoms with van der Waals surface area (Å²) < 4.78 is 39.0. The summed E-state index contributed by atoms with van der Waals surface area (Å²) in [4.78, 5) is 9.12. The summed E-state index contributed by atoms with van der Waals surface area (Å²) in [6, 6.07) is 24.6. The summed E-state index contributed by atoms with van der Waals surface area (Å²) in [5, 5.41) is 0. The van der Waals surface area contributed by atoms with Crippen molar-refractivity contribution < 1.29 is 18.3 Å². The molecule has 2 heterocycles. The highest BCUT2D eigenvalue weighted by Crippen LogP contribution is 2.47. The predicted molar refractivity (Wildman–Crippen MR) is 172 cm³/mol. The number of fused-ring (bicyclic) bond motifs is 2. The third kappa shape index (κ3) is 6.53. The lowest BCUT2D eigenvalue weighted by Crippen LogP contribution is -2.28. The highest BCUT2D eigenvalue weighted by Gasteiger charge is 2.42. The molecule has 0 saturated carbocycles. The van der Waals surface area contributed by atoms with Gasteiger partial charge in [0.2, 0.25) is 0 Å². The second-order valence-electron chi connectivity index (χ2n) is 11.8. The average molecular weight is 606 g/mol. The van der Waals surface area contributed by atoms with Gasteiger partial charge in [0.25, 0.3) is 0 Å². The Morgan fingerprint density at radius 3 is 1.53 bits per heavy atom. The molecule has 0 bridgehead atoms. The van der Waals surface area contributed by atoms with Gasteiger partial charge < -0.3 is 14.4 Å². The lowest BCUT2D eigenvalue weighted by Gasteiger charge is -2.31. The van der Waals surface area contributed by atoms with E-state index in [1.165, 1.54) is 24.3 Å². The molecule has 2 aliphatic heterocycles. The van der Waals surface area contributed by atoms with Crippen molar-refractivity contribution in [1.82, 2.24) is 4.90 Å². The molecular weight excluding hydrogens is 568 g/mol. The molecule has 4 aromatic rings. The fourth-order valence-corrected chi connectivity index (χ4v) is 6.50. The topological polar surface area (TPSA) is 30.4 Å². The molecule has 2 aliphatic rings. The Labute approximate surface area is 264 Å². The lowest BCUT2D eigenvalue weighted by molar-refractivity contribution is -0.0140. The van der Waals surface area contributed by atoms with Gasteiger partial charge in [-0.2, -0.15) is 0 Å². The molecule has 2 unspecified atom stereocenters. The Balaban J connectivity index is 0.000000179. The Morgan fingerprint density at radius 2 is 1.13 bits per heavy atom. The lowest BCUT2D eigenvalue weighted by atomic mass is 9.82. The van der Waals surface area contributed by atoms with Gasteiger partial charge in [-0.1, -0.05) is 74.0 Å². The van der Waals surface area contributed by atoms with Crippen LogP contribution in [0, 0.1) is 24.8 Å². The largest absolute Gasteiger partial charge is 0.361 e. The standard InChI is InChI=1S/C20H21FN2O.C18H16FNO/c1-22-18-9-10-19-15(13-18)14-24-20(19,11-4-12-23(2)3)16-5-7-17(21)8-6-16;1-3-10-18(14-4-6-15(19)7-5-14)17-9-8-16(20-2)11-13(17)12-21-18/h5-10,13H,4,11-12,14H2,2-3H3;4-9,11H,3,10,12H2,1H3. The van der Waals surface area contributed by atoms with Crippen molar-refractivity contribution in [2.45, 2.75) is 57.0 Å². The van der Waals surface area contributed by atoms with Crippen LogP contribution in [0.2, 0.25) is 0 Å². The first-order valence-electron chi connectivity index (χ1n) is 15.2. The van der Waals surface area contributed by atoms with Crippen molar-refractivity contribution in [3.05, 3.63) is 153 Å². The first-order chi connectivity index (χ1) is 21.7. The Kier molecular flexibility index (Phi) is 9.75. The van der Waals surface area contributed by atoms with E-state index in [4.69, 9.17) is 22.6 Å². The molecule has 230 valence electrons. The minimum atomic E-state index is -0.556. The van der Waals surface area contributed by atoms with E-state index >= 15 is 0 Å². The molecule has 2 atom stereocenters. The van der Waals surface area contributed by atoms with E-state index in [0.717, 1.165) is 65.6 Å². The van der Waals surface area contributed by atoms with Crippen LogP contribution in [-0.2, 0) is 33.9 Å².